The number of hydrogen-bond acceptors (Lipinski definition) is 4. The highest BCUT2D eigenvalue weighted by atomic mass is 19.1. The summed E-state index contributed by atoms with van der Waals surface area (Å²) >= 11 is 0. The molecule has 3 rings (SSSR count). The number of aliphatic hydroxyl groups is 1. The number of esters is 1. The molecule has 1 saturated heterocycles. The lowest BCUT2D eigenvalue weighted by atomic mass is 9.65. The predicted molar refractivity (Wildman–Crippen MR) is 111 cm³/mol. The van der Waals surface area contributed by atoms with Crippen molar-refractivity contribution in [3.63, 3.8) is 0 Å². The molecule has 1 aliphatic carbocycles. The summed E-state index contributed by atoms with van der Waals surface area (Å²) in [7, 11) is 1.73. The standard InChI is InChI=1S/C24H31FO4/c1-15-10-16(6-9-21(15)25)19-13-24(4,28-5)14-23(2,3)20(19)8-7-18-11-17(26)12-22(27)29-18/h6-10,17-18,26H,11-14H2,1-5H3/t17-,18-,24?/m1/s1. The number of carbonyl (C=O) groups is 1. The topological polar surface area (TPSA) is 55.8 Å². The molecule has 1 aliphatic heterocycles. The Morgan fingerprint density at radius 3 is 2.66 bits per heavy atom. The highest BCUT2D eigenvalue weighted by Crippen LogP contribution is 2.50. The van der Waals surface area contributed by atoms with Crippen LogP contribution in [0.25, 0.3) is 5.57 Å². The summed E-state index contributed by atoms with van der Waals surface area (Å²) in [5.74, 6) is -0.601. The van der Waals surface area contributed by atoms with E-state index in [4.69, 9.17) is 9.47 Å². The van der Waals surface area contributed by atoms with Crippen molar-refractivity contribution in [2.24, 2.45) is 5.41 Å². The van der Waals surface area contributed by atoms with Gasteiger partial charge in [0.25, 0.3) is 0 Å². The van der Waals surface area contributed by atoms with E-state index in [2.05, 4.69) is 20.8 Å². The van der Waals surface area contributed by atoms with E-state index in [-0.39, 0.29) is 29.2 Å². The van der Waals surface area contributed by atoms with Gasteiger partial charge in [-0.3, -0.25) is 4.79 Å². The Morgan fingerprint density at radius 1 is 1.31 bits per heavy atom. The molecule has 0 amide bonds. The smallest absolute Gasteiger partial charge is 0.309 e. The Kier molecular flexibility index (Phi) is 6.02. The van der Waals surface area contributed by atoms with Crippen LogP contribution in [0, 0.1) is 18.2 Å². The summed E-state index contributed by atoms with van der Waals surface area (Å²) < 4.78 is 25.1. The van der Waals surface area contributed by atoms with Crippen LogP contribution in [0.4, 0.5) is 4.39 Å². The van der Waals surface area contributed by atoms with Crippen LogP contribution in [-0.2, 0) is 14.3 Å². The van der Waals surface area contributed by atoms with Crippen molar-refractivity contribution in [1.29, 1.82) is 0 Å². The van der Waals surface area contributed by atoms with Gasteiger partial charge in [0.05, 0.1) is 18.1 Å². The Labute approximate surface area is 172 Å². The van der Waals surface area contributed by atoms with E-state index in [0.717, 1.165) is 23.1 Å². The van der Waals surface area contributed by atoms with Gasteiger partial charge in [-0.2, -0.15) is 0 Å². The molecule has 1 aromatic carbocycles. The molecule has 4 nitrogen and oxygen atoms in total. The lowest BCUT2D eigenvalue weighted by Gasteiger charge is -2.44. The Hall–Kier alpha value is -1.98. The van der Waals surface area contributed by atoms with Gasteiger partial charge in [0.1, 0.15) is 11.9 Å². The van der Waals surface area contributed by atoms with Crippen molar-refractivity contribution in [3.05, 3.63) is 52.9 Å². The first-order valence-electron chi connectivity index (χ1n) is 10.1. The SMILES string of the molecule is COC1(C)CC(c2ccc(F)c(C)c2)=C(C=C[C@@H]2C[C@@H](O)CC(=O)O2)C(C)(C)C1. The zero-order chi connectivity index (χ0) is 21.4. The maximum Gasteiger partial charge on any atom is 0.309 e. The summed E-state index contributed by atoms with van der Waals surface area (Å²) in [6, 6.07) is 5.19. The van der Waals surface area contributed by atoms with Gasteiger partial charge >= 0.3 is 5.97 Å². The van der Waals surface area contributed by atoms with Crippen molar-refractivity contribution in [3.8, 4) is 0 Å². The number of hydrogen-bond donors (Lipinski definition) is 1. The molecule has 3 atom stereocenters. The minimum absolute atomic E-state index is 0.0465. The molecule has 5 heteroatoms. The zero-order valence-electron chi connectivity index (χ0n) is 17.9. The molecular formula is C24H31FO4. The van der Waals surface area contributed by atoms with Crippen molar-refractivity contribution in [2.75, 3.05) is 7.11 Å². The fourth-order valence-electron chi connectivity index (χ4n) is 4.66. The van der Waals surface area contributed by atoms with Gasteiger partial charge in [0, 0.05) is 20.0 Å². The van der Waals surface area contributed by atoms with Gasteiger partial charge < -0.3 is 14.6 Å². The van der Waals surface area contributed by atoms with Gasteiger partial charge in [0.15, 0.2) is 0 Å². The number of allylic oxidation sites excluding steroid dienone is 2. The number of aliphatic hydroxyl groups excluding tert-OH is 1. The van der Waals surface area contributed by atoms with Crippen LogP contribution in [0.15, 0.2) is 35.9 Å². The summed E-state index contributed by atoms with van der Waals surface area (Å²) in [5.41, 5.74) is 3.27. The van der Waals surface area contributed by atoms with Crippen LogP contribution in [0.5, 0.6) is 0 Å². The first kappa shape index (κ1) is 21.7. The molecule has 0 aromatic heterocycles. The van der Waals surface area contributed by atoms with Gasteiger partial charge in [-0.15, -0.1) is 0 Å². The number of benzene rings is 1. The predicted octanol–water partition coefficient (Wildman–Crippen LogP) is 4.74. The third-order valence-corrected chi connectivity index (χ3v) is 6.09. The number of aryl methyl sites for hydroxylation is 1. The van der Waals surface area contributed by atoms with Gasteiger partial charge in [-0.25, -0.2) is 4.39 Å². The normalized spacial score (nSPS) is 30.0. The summed E-state index contributed by atoms with van der Waals surface area (Å²) in [6.45, 7) is 8.20. The monoisotopic (exact) mass is 402 g/mol. The highest BCUT2D eigenvalue weighted by molar-refractivity contribution is 5.75. The zero-order valence-corrected chi connectivity index (χ0v) is 17.9. The van der Waals surface area contributed by atoms with E-state index in [1.807, 2.05) is 24.3 Å². The first-order chi connectivity index (χ1) is 13.5. The average molecular weight is 403 g/mol. The van der Waals surface area contributed by atoms with Gasteiger partial charge in [0.2, 0.25) is 0 Å². The van der Waals surface area contributed by atoms with Crippen LogP contribution in [-0.4, -0.2) is 36.0 Å². The first-order valence-corrected chi connectivity index (χ1v) is 10.1. The Bertz CT molecular complexity index is 854. The minimum atomic E-state index is -0.671. The number of halogens is 1. The third kappa shape index (κ3) is 4.78. The second-order valence-electron chi connectivity index (χ2n) is 9.23. The number of carbonyl (C=O) groups excluding carboxylic acids is 1. The Balaban J connectivity index is 2.06. The quantitative estimate of drug-likeness (QED) is 0.740. The lowest BCUT2D eigenvalue weighted by Crippen LogP contribution is -2.39. The van der Waals surface area contributed by atoms with Crippen LogP contribution in [0.3, 0.4) is 0 Å². The van der Waals surface area contributed by atoms with Gasteiger partial charge in [-0.05, 0) is 66.2 Å². The molecular weight excluding hydrogens is 371 g/mol. The van der Waals surface area contributed by atoms with E-state index in [1.54, 1.807) is 14.0 Å². The van der Waals surface area contributed by atoms with E-state index in [9.17, 15) is 14.3 Å². The Morgan fingerprint density at radius 2 is 2.03 bits per heavy atom. The fraction of sp³-hybridized carbons (Fsp3) is 0.542. The molecule has 1 unspecified atom stereocenters. The van der Waals surface area contributed by atoms with Crippen LogP contribution < -0.4 is 0 Å². The molecule has 0 saturated carbocycles. The average Bonchev–Trinajstić information content (AvgIpc) is 2.61. The number of cyclic esters (lactones) is 1. The fourth-order valence-corrected chi connectivity index (χ4v) is 4.66. The van der Waals surface area contributed by atoms with Crippen LogP contribution in [0.2, 0.25) is 0 Å². The second kappa shape index (κ2) is 8.04. The molecule has 2 aliphatic rings. The molecule has 0 radical (unpaired) electrons. The second-order valence-corrected chi connectivity index (χ2v) is 9.23. The van der Waals surface area contributed by atoms with E-state index in [0.29, 0.717) is 18.4 Å². The molecule has 0 bridgehead atoms. The summed E-state index contributed by atoms with van der Waals surface area (Å²) in [4.78, 5) is 11.7. The number of ether oxygens (including phenoxy) is 2. The largest absolute Gasteiger partial charge is 0.458 e. The van der Waals surface area contributed by atoms with Gasteiger partial charge in [-0.1, -0.05) is 26.0 Å². The highest BCUT2D eigenvalue weighted by Gasteiger charge is 2.41. The van der Waals surface area contributed by atoms with Crippen molar-refractivity contribution in [2.45, 2.75) is 71.2 Å². The van der Waals surface area contributed by atoms with E-state index >= 15 is 0 Å². The molecule has 0 spiro atoms. The van der Waals surface area contributed by atoms with E-state index < -0.39 is 12.2 Å². The molecule has 1 aromatic rings. The number of rotatable bonds is 4. The summed E-state index contributed by atoms with van der Waals surface area (Å²) in [5, 5.41) is 9.88. The molecule has 29 heavy (non-hydrogen) atoms. The minimum Gasteiger partial charge on any atom is -0.458 e. The molecule has 158 valence electrons. The lowest BCUT2D eigenvalue weighted by molar-refractivity contribution is -0.156. The van der Waals surface area contributed by atoms with Crippen LogP contribution >= 0.6 is 0 Å². The molecule has 1 N–H and O–H groups in total. The van der Waals surface area contributed by atoms with Crippen molar-refractivity contribution < 1.29 is 23.8 Å². The van der Waals surface area contributed by atoms with Crippen LogP contribution in [0.1, 0.15) is 57.6 Å². The maximum atomic E-state index is 13.9. The van der Waals surface area contributed by atoms with E-state index in [1.165, 1.54) is 6.07 Å². The summed E-state index contributed by atoms with van der Waals surface area (Å²) in [6.07, 6.45) is 4.73. The third-order valence-electron chi connectivity index (χ3n) is 6.09. The molecule has 1 fully saturated rings. The maximum absolute atomic E-state index is 13.9. The molecule has 1 heterocycles. The van der Waals surface area contributed by atoms with Crippen molar-refractivity contribution in [1.82, 2.24) is 0 Å². The van der Waals surface area contributed by atoms with Crippen molar-refractivity contribution >= 4 is 11.5 Å². The number of methoxy groups -OCH3 is 1.